The van der Waals surface area contributed by atoms with Crippen LogP contribution in [0.4, 0.5) is 9.80 Å². The lowest BCUT2D eigenvalue weighted by molar-refractivity contribution is 0.245. The van der Waals surface area contributed by atoms with Gasteiger partial charge in [0.2, 0.25) is 0 Å². The van der Waals surface area contributed by atoms with Crippen molar-refractivity contribution in [1.82, 2.24) is 10.6 Å². The summed E-state index contributed by atoms with van der Waals surface area (Å²) in [4.78, 5) is 11.5. The van der Waals surface area contributed by atoms with E-state index >= 15 is 0 Å². The minimum atomic E-state index is -0.0932. The molecule has 1 aromatic rings. The van der Waals surface area contributed by atoms with Gasteiger partial charge in [-0.25, -0.2) is 4.79 Å². The number of amides is 2. The summed E-state index contributed by atoms with van der Waals surface area (Å²) in [5.74, 6) is 0. The van der Waals surface area contributed by atoms with Gasteiger partial charge < -0.3 is 10.6 Å². The molecule has 1 aliphatic rings. The van der Waals surface area contributed by atoms with Gasteiger partial charge in [0.05, 0.1) is 5.00 Å². The number of thiophene rings is 1. The summed E-state index contributed by atoms with van der Waals surface area (Å²) in [7, 11) is 0. The van der Waals surface area contributed by atoms with Crippen LogP contribution >= 0.6 is 11.3 Å². The number of carbonyl (C=O) groups excluding carboxylic acids is 1. The molecule has 0 aromatic carbocycles. The molecule has 3 N–H and O–H groups in total. The van der Waals surface area contributed by atoms with Crippen LogP contribution in [0.15, 0.2) is 17.5 Å². The van der Waals surface area contributed by atoms with E-state index in [2.05, 4.69) is 16.0 Å². The van der Waals surface area contributed by atoms with E-state index in [-0.39, 0.29) is 6.03 Å². The van der Waals surface area contributed by atoms with E-state index in [9.17, 15) is 4.79 Å². The molecule has 0 bridgehead atoms. The second-order valence-corrected chi connectivity index (χ2v) is 4.55. The second kappa shape index (κ2) is 5.14. The lowest BCUT2D eigenvalue weighted by atomic mass is 10.1. The molecule has 1 saturated heterocycles. The third-order valence-electron chi connectivity index (χ3n) is 2.43. The average molecular weight is 225 g/mol. The largest absolute Gasteiger partial charge is 0.335 e. The summed E-state index contributed by atoms with van der Waals surface area (Å²) in [6.45, 7) is 1.98. The molecule has 4 nitrogen and oxygen atoms in total. The Morgan fingerprint density at radius 1 is 1.47 bits per heavy atom. The highest BCUT2D eigenvalue weighted by Gasteiger charge is 2.15. The smallest absolute Gasteiger partial charge is 0.320 e. The summed E-state index contributed by atoms with van der Waals surface area (Å²) in [6, 6.07) is 4.04. The third-order valence-corrected chi connectivity index (χ3v) is 3.22. The molecule has 1 aliphatic heterocycles. The van der Waals surface area contributed by atoms with Crippen LogP contribution in [0.5, 0.6) is 0 Å². The highest BCUT2D eigenvalue weighted by molar-refractivity contribution is 7.14. The van der Waals surface area contributed by atoms with Crippen molar-refractivity contribution in [1.29, 1.82) is 0 Å². The maximum Gasteiger partial charge on any atom is 0.320 e. The summed E-state index contributed by atoms with van der Waals surface area (Å²) in [5.41, 5.74) is 0. The van der Waals surface area contributed by atoms with Gasteiger partial charge in [-0.05, 0) is 43.4 Å². The van der Waals surface area contributed by atoms with Crippen molar-refractivity contribution in [3.05, 3.63) is 17.5 Å². The van der Waals surface area contributed by atoms with E-state index in [4.69, 9.17) is 0 Å². The number of piperidine rings is 1. The van der Waals surface area contributed by atoms with Gasteiger partial charge in [-0.2, -0.15) is 0 Å². The molecular formula is C10H15N3OS. The first-order valence-electron chi connectivity index (χ1n) is 5.16. The van der Waals surface area contributed by atoms with Gasteiger partial charge in [0.1, 0.15) is 0 Å². The number of rotatable bonds is 2. The van der Waals surface area contributed by atoms with Crippen LogP contribution in [0.25, 0.3) is 0 Å². The summed E-state index contributed by atoms with van der Waals surface area (Å²) >= 11 is 1.53. The van der Waals surface area contributed by atoms with Crippen LogP contribution in [-0.4, -0.2) is 25.2 Å². The van der Waals surface area contributed by atoms with Gasteiger partial charge in [-0.1, -0.05) is 0 Å². The molecular weight excluding hydrogens is 210 g/mol. The van der Waals surface area contributed by atoms with Crippen molar-refractivity contribution in [2.75, 3.05) is 18.4 Å². The van der Waals surface area contributed by atoms with E-state index in [0.717, 1.165) is 30.9 Å². The Morgan fingerprint density at radius 3 is 2.93 bits per heavy atom. The molecule has 0 radical (unpaired) electrons. The molecule has 0 spiro atoms. The lowest BCUT2D eigenvalue weighted by Crippen LogP contribution is -2.44. The predicted octanol–water partition coefficient (Wildman–Crippen LogP) is 1.62. The first-order valence-corrected chi connectivity index (χ1v) is 6.04. The molecule has 5 heteroatoms. The van der Waals surface area contributed by atoms with Crippen molar-refractivity contribution in [3.63, 3.8) is 0 Å². The zero-order chi connectivity index (χ0) is 10.5. The number of carbonyl (C=O) groups is 1. The molecule has 0 atom stereocenters. The zero-order valence-electron chi connectivity index (χ0n) is 8.45. The minimum absolute atomic E-state index is 0.0932. The standard InChI is InChI=1S/C10H15N3OS/c14-10(13-9-2-1-7-15-9)12-8-3-5-11-6-4-8/h1-2,7-8,11H,3-6H2,(H2,12,13,14). The van der Waals surface area contributed by atoms with E-state index in [1.807, 2.05) is 17.5 Å². The topological polar surface area (TPSA) is 53.2 Å². The first-order chi connectivity index (χ1) is 7.34. The van der Waals surface area contributed by atoms with E-state index in [1.165, 1.54) is 11.3 Å². The molecule has 15 heavy (non-hydrogen) atoms. The Hall–Kier alpha value is -1.07. The van der Waals surface area contributed by atoms with Crippen LogP contribution in [0.3, 0.4) is 0 Å². The quantitative estimate of drug-likeness (QED) is 0.716. The highest BCUT2D eigenvalue weighted by atomic mass is 32.1. The van der Waals surface area contributed by atoms with Crippen molar-refractivity contribution in [3.8, 4) is 0 Å². The fourth-order valence-corrected chi connectivity index (χ4v) is 2.26. The number of nitrogens with one attached hydrogen (secondary N) is 3. The molecule has 2 heterocycles. The summed E-state index contributed by atoms with van der Waals surface area (Å²) in [6.07, 6.45) is 2.02. The minimum Gasteiger partial charge on any atom is -0.335 e. The Labute approximate surface area is 93.1 Å². The highest BCUT2D eigenvalue weighted by Crippen LogP contribution is 2.14. The van der Waals surface area contributed by atoms with Gasteiger partial charge >= 0.3 is 6.03 Å². The maximum atomic E-state index is 11.5. The Bertz CT molecular complexity index is 306. The van der Waals surface area contributed by atoms with Crippen LogP contribution in [0.1, 0.15) is 12.8 Å². The Morgan fingerprint density at radius 2 is 2.27 bits per heavy atom. The lowest BCUT2D eigenvalue weighted by Gasteiger charge is -2.23. The van der Waals surface area contributed by atoms with Crippen LogP contribution in [0.2, 0.25) is 0 Å². The normalized spacial score (nSPS) is 17.3. The van der Waals surface area contributed by atoms with Crippen molar-refractivity contribution in [2.45, 2.75) is 18.9 Å². The number of hydrogen-bond acceptors (Lipinski definition) is 3. The molecule has 82 valence electrons. The van der Waals surface area contributed by atoms with Crippen molar-refractivity contribution in [2.24, 2.45) is 0 Å². The Kier molecular flexibility index (Phi) is 3.58. The first kappa shape index (κ1) is 10.4. The van der Waals surface area contributed by atoms with Gasteiger partial charge in [-0.3, -0.25) is 5.32 Å². The van der Waals surface area contributed by atoms with Crippen molar-refractivity contribution < 1.29 is 4.79 Å². The Balaban J connectivity index is 1.76. The second-order valence-electron chi connectivity index (χ2n) is 3.60. The molecule has 2 rings (SSSR count). The van der Waals surface area contributed by atoms with Crippen LogP contribution < -0.4 is 16.0 Å². The van der Waals surface area contributed by atoms with Gasteiger partial charge in [0.25, 0.3) is 0 Å². The van der Waals surface area contributed by atoms with E-state index in [1.54, 1.807) is 0 Å². The van der Waals surface area contributed by atoms with E-state index in [0.29, 0.717) is 6.04 Å². The summed E-state index contributed by atoms with van der Waals surface area (Å²) < 4.78 is 0. The third kappa shape index (κ3) is 3.21. The molecule has 0 unspecified atom stereocenters. The molecule has 1 aromatic heterocycles. The van der Waals surface area contributed by atoms with Crippen LogP contribution in [-0.2, 0) is 0 Å². The van der Waals surface area contributed by atoms with Crippen molar-refractivity contribution >= 4 is 22.4 Å². The van der Waals surface area contributed by atoms with Crippen LogP contribution in [0, 0.1) is 0 Å². The zero-order valence-corrected chi connectivity index (χ0v) is 9.27. The fourth-order valence-electron chi connectivity index (χ4n) is 1.65. The van der Waals surface area contributed by atoms with Gasteiger partial charge in [-0.15, -0.1) is 11.3 Å². The monoisotopic (exact) mass is 225 g/mol. The average Bonchev–Trinajstić information content (AvgIpc) is 2.71. The molecule has 0 aliphatic carbocycles. The number of anilines is 1. The number of urea groups is 1. The molecule has 2 amide bonds. The fraction of sp³-hybridized carbons (Fsp3) is 0.500. The van der Waals surface area contributed by atoms with Gasteiger partial charge in [0, 0.05) is 6.04 Å². The van der Waals surface area contributed by atoms with E-state index < -0.39 is 0 Å². The maximum absolute atomic E-state index is 11.5. The van der Waals surface area contributed by atoms with Gasteiger partial charge in [0.15, 0.2) is 0 Å². The summed E-state index contributed by atoms with van der Waals surface area (Å²) in [5, 5.41) is 11.9. The predicted molar refractivity (Wildman–Crippen MR) is 62.4 cm³/mol. The SMILES string of the molecule is O=C(Nc1cccs1)NC1CCNCC1. The molecule has 1 fully saturated rings. The number of hydrogen-bond donors (Lipinski definition) is 3. The molecule has 0 saturated carbocycles.